The van der Waals surface area contributed by atoms with Crippen molar-refractivity contribution in [3.8, 4) is 0 Å². The van der Waals surface area contributed by atoms with E-state index in [4.69, 9.17) is 19.0 Å². The standard InChI is InChI=1S/C23H29NO5/c1-23(2)28-20-18(24-27-15-17-11-7-4-8-12-17)13-19(25)21(22(20)29-23)26-14-16-9-5-3-6-10-16/h3-12,18-22,24-25H,13-15H2,1-2H3/t18-,19-,20+,21-,22?/m1/s1. The van der Waals surface area contributed by atoms with E-state index in [1.54, 1.807) is 0 Å². The summed E-state index contributed by atoms with van der Waals surface area (Å²) in [6.07, 6.45) is -1.35. The maximum atomic E-state index is 10.8. The summed E-state index contributed by atoms with van der Waals surface area (Å²) in [7, 11) is 0. The van der Waals surface area contributed by atoms with E-state index < -0.39 is 18.0 Å². The van der Waals surface area contributed by atoms with Gasteiger partial charge in [-0.3, -0.25) is 4.84 Å². The van der Waals surface area contributed by atoms with Crippen LogP contribution in [0.25, 0.3) is 0 Å². The molecule has 2 aliphatic rings. The van der Waals surface area contributed by atoms with Gasteiger partial charge in [-0.1, -0.05) is 60.7 Å². The van der Waals surface area contributed by atoms with Gasteiger partial charge in [-0.2, -0.15) is 5.48 Å². The second kappa shape index (κ2) is 8.92. The van der Waals surface area contributed by atoms with Gasteiger partial charge in [-0.25, -0.2) is 0 Å². The number of ether oxygens (including phenoxy) is 3. The fraction of sp³-hybridized carbons (Fsp3) is 0.478. The van der Waals surface area contributed by atoms with Crippen LogP contribution in [-0.2, 0) is 32.3 Å². The normalized spacial score (nSPS) is 30.8. The van der Waals surface area contributed by atoms with E-state index in [-0.39, 0.29) is 18.2 Å². The minimum atomic E-state index is -0.743. The first-order chi connectivity index (χ1) is 14.0. The molecule has 2 aromatic carbocycles. The van der Waals surface area contributed by atoms with Crippen LogP contribution in [0.1, 0.15) is 31.4 Å². The third-order valence-corrected chi connectivity index (χ3v) is 5.36. The summed E-state index contributed by atoms with van der Waals surface area (Å²) in [5.41, 5.74) is 5.21. The van der Waals surface area contributed by atoms with Crippen LogP contribution in [0.15, 0.2) is 60.7 Å². The Labute approximate surface area is 171 Å². The van der Waals surface area contributed by atoms with Crippen LogP contribution in [0.3, 0.4) is 0 Å². The molecule has 156 valence electrons. The Bertz CT molecular complexity index is 769. The molecule has 0 aromatic heterocycles. The number of aliphatic hydroxyl groups excluding tert-OH is 1. The molecule has 1 aliphatic carbocycles. The van der Waals surface area contributed by atoms with E-state index >= 15 is 0 Å². The van der Waals surface area contributed by atoms with Crippen LogP contribution < -0.4 is 5.48 Å². The largest absolute Gasteiger partial charge is 0.390 e. The van der Waals surface area contributed by atoms with Crippen molar-refractivity contribution in [2.75, 3.05) is 0 Å². The molecule has 0 radical (unpaired) electrons. The van der Waals surface area contributed by atoms with E-state index in [0.29, 0.717) is 19.6 Å². The Morgan fingerprint density at radius 3 is 2.17 bits per heavy atom. The molecule has 2 N–H and O–H groups in total. The second-order valence-corrected chi connectivity index (χ2v) is 8.13. The predicted molar refractivity (Wildman–Crippen MR) is 108 cm³/mol. The van der Waals surface area contributed by atoms with Crippen molar-refractivity contribution in [2.45, 2.75) is 69.7 Å². The van der Waals surface area contributed by atoms with Crippen LogP contribution >= 0.6 is 0 Å². The lowest BCUT2D eigenvalue weighted by atomic mass is 9.86. The third-order valence-electron chi connectivity index (χ3n) is 5.36. The van der Waals surface area contributed by atoms with Crippen LogP contribution in [0.5, 0.6) is 0 Å². The average molecular weight is 399 g/mol. The SMILES string of the molecule is CC1(C)OC2[C@@H](O1)[C@H](NOCc1ccccc1)C[C@@H](O)[C@H]2OCc1ccccc1. The number of aliphatic hydroxyl groups is 1. The third kappa shape index (κ3) is 5.04. The van der Waals surface area contributed by atoms with Gasteiger partial charge in [-0.15, -0.1) is 0 Å². The maximum Gasteiger partial charge on any atom is 0.163 e. The number of fused-ring (bicyclic) bond motifs is 1. The molecule has 6 nitrogen and oxygen atoms in total. The first-order valence-corrected chi connectivity index (χ1v) is 10.1. The summed E-state index contributed by atoms with van der Waals surface area (Å²) >= 11 is 0. The number of nitrogens with one attached hydrogen (secondary N) is 1. The molecule has 5 atom stereocenters. The number of hydroxylamine groups is 1. The molecule has 1 heterocycles. The summed E-state index contributed by atoms with van der Waals surface area (Å²) in [5.74, 6) is -0.743. The van der Waals surface area contributed by atoms with Crippen molar-refractivity contribution in [3.63, 3.8) is 0 Å². The van der Waals surface area contributed by atoms with Crippen molar-refractivity contribution in [1.82, 2.24) is 5.48 Å². The first kappa shape index (κ1) is 20.5. The number of hydrogen-bond donors (Lipinski definition) is 2. The molecule has 2 aromatic rings. The van der Waals surface area contributed by atoms with Crippen molar-refractivity contribution < 1.29 is 24.2 Å². The van der Waals surface area contributed by atoms with E-state index in [1.165, 1.54) is 0 Å². The van der Waals surface area contributed by atoms with Gasteiger partial charge in [0.25, 0.3) is 0 Å². The van der Waals surface area contributed by atoms with Gasteiger partial charge < -0.3 is 19.3 Å². The molecule has 1 saturated carbocycles. The highest BCUT2D eigenvalue weighted by Crippen LogP contribution is 2.38. The fourth-order valence-corrected chi connectivity index (χ4v) is 4.02. The monoisotopic (exact) mass is 399 g/mol. The molecule has 0 spiro atoms. The van der Waals surface area contributed by atoms with Crippen molar-refractivity contribution in [3.05, 3.63) is 71.8 Å². The maximum absolute atomic E-state index is 10.8. The van der Waals surface area contributed by atoms with Gasteiger partial charge in [0.1, 0.15) is 18.3 Å². The van der Waals surface area contributed by atoms with Crippen LogP contribution in [0, 0.1) is 0 Å². The zero-order valence-electron chi connectivity index (χ0n) is 16.9. The van der Waals surface area contributed by atoms with E-state index in [9.17, 15) is 5.11 Å². The Morgan fingerprint density at radius 2 is 1.52 bits per heavy atom. The highest BCUT2D eigenvalue weighted by molar-refractivity contribution is 5.14. The highest BCUT2D eigenvalue weighted by atomic mass is 16.8. The molecular weight excluding hydrogens is 370 g/mol. The summed E-state index contributed by atoms with van der Waals surface area (Å²) < 4.78 is 18.3. The van der Waals surface area contributed by atoms with Crippen molar-refractivity contribution in [1.29, 1.82) is 0 Å². The van der Waals surface area contributed by atoms with E-state index in [1.807, 2.05) is 74.5 Å². The number of rotatable bonds is 7. The Kier molecular flexibility index (Phi) is 6.29. The molecule has 1 unspecified atom stereocenters. The smallest absolute Gasteiger partial charge is 0.163 e. The summed E-state index contributed by atoms with van der Waals surface area (Å²) in [4.78, 5) is 5.71. The van der Waals surface area contributed by atoms with Crippen LogP contribution in [0.2, 0.25) is 0 Å². The van der Waals surface area contributed by atoms with Crippen molar-refractivity contribution >= 4 is 0 Å². The lowest BCUT2D eigenvalue weighted by molar-refractivity contribution is -0.172. The molecule has 1 saturated heterocycles. The summed E-state index contributed by atoms with van der Waals surface area (Å²) in [5, 5.41) is 10.8. The quantitative estimate of drug-likeness (QED) is 0.698. The first-order valence-electron chi connectivity index (χ1n) is 10.1. The Morgan fingerprint density at radius 1 is 0.931 bits per heavy atom. The number of hydrogen-bond acceptors (Lipinski definition) is 6. The lowest BCUT2D eigenvalue weighted by Gasteiger charge is -2.40. The molecular formula is C23H29NO5. The minimum absolute atomic E-state index is 0.197. The van der Waals surface area contributed by atoms with Gasteiger partial charge in [0, 0.05) is 0 Å². The predicted octanol–water partition coefficient (Wildman–Crippen LogP) is 2.95. The molecule has 6 heteroatoms. The molecule has 1 aliphatic heterocycles. The van der Waals surface area contributed by atoms with Gasteiger partial charge in [0.2, 0.25) is 0 Å². The average Bonchev–Trinajstić information content (AvgIpc) is 3.04. The molecule has 2 fully saturated rings. The number of benzene rings is 2. The summed E-state index contributed by atoms with van der Waals surface area (Å²) in [6.45, 7) is 4.61. The van der Waals surface area contributed by atoms with Crippen LogP contribution in [-0.4, -0.2) is 41.4 Å². The van der Waals surface area contributed by atoms with Crippen molar-refractivity contribution in [2.24, 2.45) is 0 Å². The second-order valence-electron chi connectivity index (χ2n) is 8.13. The fourth-order valence-electron chi connectivity index (χ4n) is 4.02. The highest BCUT2D eigenvalue weighted by Gasteiger charge is 2.54. The molecule has 0 bridgehead atoms. The van der Waals surface area contributed by atoms with E-state index in [2.05, 4.69) is 5.48 Å². The lowest BCUT2D eigenvalue weighted by Crippen LogP contribution is -2.59. The summed E-state index contributed by atoms with van der Waals surface area (Å²) in [6, 6.07) is 19.7. The van der Waals surface area contributed by atoms with Crippen LogP contribution in [0.4, 0.5) is 0 Å². The van der Waals surface area contributed by atoms with Gasteiger partial charge in [0.15, 0.2) is 5.79 Å². The molecule has 4 rings (SSSR count). The van der Waals surface area contributed by atoms with Gasteiger partial charge in [-0.05, 0) is 31.4 Å². The zero-order valence-corrected chi connectivity index (χ0v) is 16.9. The molecule has 0 amide bonds. The van der Waals surface area contributed by atoms with Gasteiger partial charge >= 0.3 is 0 Å². The Balaban J connectivity index is 1.39. The topological polar surface area (TPSA) is 69.2 Å². The zero-order chi connectivity index (χ0) is 20.3. The minimum Gasteiger partial charge on any atom is -0.390 e. The Hall–Kier alpha value is -1.80. The van der Waals surface area contributed by atoms with E-state index in [0.717, 1.165) is 11.1 Å². The van der Waals surface area contributed by atoms with Gasteiger partial charge in [0.05, 0.1) is 25.4 Å². The molecule has 29 heavy (non-hydrogen) atoms.